The summed E-state index contributed by atoms with van der Waals surface area (Å²) in [6.45, 7) is 6.32. The molecule has 0 bridgehead atoms. The molecule has 0 heterocycles. The Bertz CT molecular complexity index is 167. The Morgan fingerprint density at radius 1 is 1.38 bits per heavy atom. The lowest BCUT2D eigenvalue weighted by molar-refractivity contribution is -0.111. The first-order chi connectivity index (χ1) is 5.99. The summed E-state index contributed by atoms with van der Waals surface area (Å²) >= 11 is 0. The first-order valence-corrected chi connectivity index (χ1v) is 5.33. The van der Waals surface area contributed by atoms with E-state index < -0.39 is 5.60 Å². The number of aliphatic hydroxyl groups excluding tert-OH is 1. The Morgan fingerprint density at radius 3 is 2.46 bits per heavy atom. The van der Waals surface area contributed by atoms with E-state index in [1.807, 2.05) is 0 Å². The van der Waals surface area contributed by atoms with Crippen LogP contribution in [0.5, 0.6) is 0 Å². The molecule has 0 aromatic carbocycles. The Labute approximate surface area is 81.0 Å². The van der Waals surface area contributed by atoms with Gasteiger partial charge in [0.15, 0.2) is 0 Å². The summed E-state index contributed by atoms with van der Waals surface area (Å²) < 4.78 is 0. The van der Waals surface area contributed by atoms with Gasteiger partial charge in [0.25, 0.3) is 0 Å². The van der Waals surface area contributed by atoms with E-state index in [-0.39, 0.29) is 12.5 Å². The van der Waals surface area contributed by atoms with Crippen LogP contribution < -0.4 is 0 Å². The zero-order chi connectivity index (χ0) is 10.1. The van der Waals surface area contributed by atoms with Gasteiger partial charge >= 0.3 is 0 Å². The van der Waals surface area contributed by atoms with Crippen LogP contribution in [0.1, 0.15) is 40.0 Å². The van der Waals surface area contributed by atoms with Gasteiger partial charge in [-0.05, 0) is 30.6 Å². The molecule has 1 saturated carbocycles. The Morgan fingerprint density at radius 2 is 2.00 bits per heavy atom. The van der Waals surface area contributed by atoms with Crippen LogP contribution in [0.2, 0.25) is 0 Å². The molecule has 0 saturated heterocycles. The molecule has 0 radical (unpaired) electrons. The molecule has 1 rings (SSSR count). The van der Waals surface area contributed by atoms with Crippen molar-refractivity contribution < 1.29 is 10.2 Å². The highest BCUT2D eigenvalue weighted by Gasteiger charge is 2.42. The summed E-state index contributed by atoms with van der Waals surface area (Å²) in [5, 5.41) is 19.5. The number of hydrogen-bond donors (Lipinski definition) is 2. The van der Waals surface area contributed by atoms with Crippen molar-refractivity contribution in [3.05, 3.63) is 0 Å². The molecule has 3 atom stereocenters. The summed E-state index contributed by atoms with van der Waals surface area (Å²) in [4.78, 5) is 0. The van der Waals surface area contributed by atoms with E-state index >= 15 is 0 Å². The van der Waals surface area contributed by atoms with Gasteiger partial charge in [0.1, 0.15) is 0 Å². The van der Waals surface area contributed by atoms with Crippen molar-refractivity contribution in [3.63, 3.8) is 0 Å². The highest BCUT2D eigenvalue weighted by atomic mass is 16.3. The van der Waals surface area contributed by atoms with Crippen LogP contribution in [0, 0.1) is 17.8 Å². The Balaban J connectivity index is 2.72. The van der Waals surface area contributed by atoms with Gasteiger partial charge in [-0.25, -0.2) is 0 Å². The van der Waals surface area contributed by atoms with Gasteiger partial charge in [-0.1, -0.05) is 27.2 Å². The van der Waals surface area contributed by atoms with Gasteiger partial charge < -0.3 is 10.2 Å². The van der Waals surface area contributed by atoms with Crippen molar-refractivity contribution in [2.75, 3.05) is 6.61 Å². The zero-order valence-corrected chi connectivity index (χ0v) is 8.95. The largest absolute Gasteiger partial charge is 0.393 e. The van der Waals surface area contributed by atoms with E-state index in [9.17, 15) is 10.2 Å². The zero-order valence-electron chi connectivity index (χ0n) is 8.95. The fourth-order valence-electron chi connectivity index (χ4n) is 2.73. The van der Waals surface area contributed by atoms with Crippen LogP contribution >= 0.6 is 0 Å². The fourth-order valence-corrected chi connectivity index (χ4v) is 2.73. The van der Waals surface area contributed by atoms with E-state index in [1.54, 1.807) is 0 Å². The van der Waals surface area contributed by atoms with Crippen LogP contribution in [-0.2, 0) is 0 Å². The smallest absolute Gasteiger partial charge is 0.0910 e. The van der Waals surface area contributed by atoms with Gasteiger partial charge in [-0.15, -0.1) is 0 Å². The van der Waals surface area contributed by atoms with E-state index in [4.69, 9.17) is 0 Å². The molecule has 0 aromatic heterocycles. The third-order valence-electron chi connectivity index (χ3n) is 3.44. The maximum absolute atomic E-state index is 10.2. The molecular weight excluding hydrogens is 164 g/mol. The SMILES string of the molecule is CC1CC[C@@H](C(C)C)C(O)(CO)C1. The van der Waals surface area contributed by atoms with Crippen molar-refractivity contribution in [2.24, 2.45) is 17.8 Å². The van der Waals surface area contributed by atoms with Crippen molar-refractivity contribution in [1.82, 2.24) is 0 Å². The average molecular weight is 186 g/mol. The lowest BCUT2D eigenvalue weighted by Crippen LogP contribution is -2.48. The van der Waals surface area contributed by atoms with Gasteiger partial charge in [0, 0.05) is 0 Å². The molecule has 13 heavy (non-hydrogen) atoms. The first-order valence-electron chi connectivity index (χ1n) is 5.33. The summed E-state index contributed by atoms with van der Waals surface area (Å²) in [6, 6.07) is 0. The summed E-state index contributed by atoms with van der Waals surface area (Å²) in [7, 11) is 0. The second kappa shape index (κ2) is 3.97. The van der Waals surface area contributed by atoms with Crippen molar-refractivity contribution in [2.45, 2.75) is 45.6 Å². The van der Waals surface area contributed by atoms with Crippen LogP contribution in [-0.4, -0.2) is 22.4 Å². The first kappa shape index (κ1) is 11.0. The number of hydrogen-bond acceptors (Lipinski definition) is 2. The van der Waals surface area contributed by atoms with E-state index in [0.717, 1.165) is 12.8 Å². The predicted octanol–water partition coefficient (Wildman–Crippen LogP) is 1.80. The number of aliphatic hydroxyl groups is 2. The molecule has 2 unspecified atom stereocenters. The van der Waals surface area contributed by atoms with E-state index in [2.05, 4.69) is 20.8 Å². The average Bonchev–Trinajstić information content (AvgIpc) is 2.03. The quantitative estimate of drug-likeness (QED) is 0.690. The fraction of sp³-hybridized carbons (Fsp3) is 1.00. The van der Waals surface area contributed by atoms with Crippen molar-refractivity contribution in [3.8, 4) is 0 Å². The topological polar surface area (TPSA) is 40.5 Å². The molecular formula is C11H22O2. The Kier molecular flexibility index (Phi) is 3.36. The molecule has 2 nitrogen and oxygen atoms in total. The number of rotatable bonds is 2. The van der Waals surface area contributed by atoms with Crippen LogP contribution in [0.3, 0.4) is 0 Å². The molecule has 0 aliphatic heterocycles. The summed E-state index contributed by atoms with van der Waals surface area (Å²) in [5.41, 5.74) is -0.814. The minimum Gasteiger partial charge on any atom is -0.393 e. The third-order valence-corrected chi connectivity index (χ3v) is 3.44. The minimum atomic E-state index is -0.814. The lowest BCUT2D eigenvalue weighted by Gasteiger charge is -2.43. The standard InChI is InChI=1S/C11H22O2/c1-8(2)10-5-4-9(3)6-11(10,13)7-12/h8-10,12-13H,4-7H2,1-3H3/t9?,10-,11?/m0/s1. The molecule has 1 aliphatic rings. The van der Waals surface area contributed by atoms with E-state index in [1.165, 1.54) is 6.42 Å². The van der Waals surface area contributed by atoms with Gasteiger partial charge in [0.2, 0.25) is 0 Å². The summed E-state index contributed by atoms with van der Waals surface area (Å²) in [6.07, 6.45) is 2.99. The second-order valence-corrected chi connectivity index (χ2v) is 5.00. The molecule has 0 spiro atoms. The minimum absolute atomic E-state index is 0.0831. The second-order valence-electron chi connectivity index (χ2n) is 5.00. The van der Waals surface area contributed by atoms with Crippen LogP contribution in [0.25, 0.3) is 0 Å². The van der Waals surface area contributed by atoms with Crippen LogP contribution in [0.4, 0.5) is 0 Å². The van der Waals surface area contributed by atoms with Gasteiger partial charge in [-0.2, -0.15) is 0 Å². The third kappa shape index (κ3) is 2.23. The van der Waals surface area contributed by atoms with Crippen molar-refractivity contribution >= 4 is 0 Å². The van der Waals surface area contributed by atoms with Gasteiger partial charge in [0.05, 0.1) is 12.2 Å². The van der Waals surface area contributed by atoms with Crippen LogP contribution in [0.15, 0.2) is 0 Å². The molecule has 1 fully saturated rings. The molecule has 78 valence electrons. The highest BCUT2D eigenvalue weighted by molar-refractivity contribution is 4.92. The van der Waals surface area contributed by atoms with Crippen molar-refractivity contribution in [1.29, 1.82) is 0 Å². The maximum Gasteiger partial charge on any atom is 0.0910 e. The highest BCUT2D eigenvalue weighted by Crippen LogP contribution is 2.40. The molecule has 0 aromatic rings. The van der Waals surface area contributed by atoms with Gasteiger partial charge in [-0.3, -0.25) is 0 Å². The molecule has 2 N–H and O–H groups in total. The molecule has 0 amide bonds. The van der Waals surface area contributed by atoms with E-state index in [0.29, 0.717) is 11.8 Å². The predicted molar refractivity (Wildman–Crippen MR) is 53.4 cm³/mol. The summed E-state index contributed by atoms with van der Waals surface area (Å²) in [5.74, 6) is 1.28. The molecule has 2 heteroatoms. The molecule has 1 aliphatic carbocycles. The Hall–Kier alpha value is -0.0800. The maximum atomic E-state index is 10.2. The monoisotopic (exact) mass is 186 g/mol. The lowest BCUT2D eigenvalue weighted by atomic mass is 9.67. The normalized spacial score (nSPS) is 41.1.